The van der Waals surface area contributed by atoms with Crippen LogP contribution in [0.25, 0.3) is 0 Å². The second-order valence-electron chi connectivity index (χ2n) is 2.66. The topological polar surface area (TPSA) is 32.3 Å². The van der Waals surface area contributed by atoms with E-state index in [0.717, 1.165) is 19.5 Å². The highest BCUT2D eigenvalue weighted by molar-refractivity contribution is 5.83. The second-order valence-corrected chi connectivity index (χ2v) is 2.66. The van der Waals surface area contributed by atoms with Gasteiger partial charge in [0, 0.05) is 13.6 Å². The summed E-state index contributed by atoms with van der Waals surface area (Å²) in [6.45, 7) is 3.80. The summed E-state index contributed by atoms with van der Waals surface area (Å²) in [5, 5.41) is 3.13. The monoisotopic (exact) mass is 142 g/mol. The molecule has 1 atom stereocenters. The van der Waals surface area contributed by atoms with E-state index in [0.29, 0.717) is 0 Å². The molecule has 0 aliphatic carbocycles. The van der Waals surface area contributed by atoms with Gasteiger partial charge in [-0.2, -0.15) is 0 Å². The zero-order valence-electron chi connectivity index (χ0n) is 6.55. The van der Waals surface area contributed by atoms with E-state index in [1.54, 1.807) is 4.90 Å². The Bertz CT molecular complexity index is 134. The first-order valence-electron chi connectivity index (χ1n) is 3.74. The number of nitrogens with one attached hydrogen (secondary N) is 1. The normalized spacial score (nSPS) is 26.0. The third-order valence-corrected chi connectivity index (χ3v) is 1.88. The van der Waals surface area contributed by atoms with E-state index in [4.69, 9.17) is 0 Å². The van der Waals surface area contributed by atoms with E-state index < -0.39 is 0 Å². The Labute approximate surface area is 61.4 Å². The number of nitrogens with zero attached hydrogens (tertiary/aromatic N) is 1. The van der Waals surface area contributed by atoms with Gasteiger partial charge in [0.05, 0.1) is 6.04 Å². The van der Waals surface area contributed by atoms with E-state index in [1.165, 1.54) is 0 Å². The van der Waals surface area contributed by atoms with Crippen molar-refractivity contribution < 1.29 is 4.79 Å². The van der Waals surface area contributed by atoms with Gasteiger partial charge in [0.1, 0.15) is 0 Å². The first-order chi connectivity index (χ1) is 4.75. The molecule has 1 aliphatic rings. The van der Waals surface area contributed by atoms with Crippen LogP contribution >= 0.6 is 0 Å². The number of carbonyl (C=O) groups excluding carboxylic acids is 1. The molecule has 58 valence electrons. The molecule has 1 unspecified atom stereocenters. The molecule has 0 aromatic heterocycles. The van der Waals surface area contributed by atoms with Crippen LogP contribution in [-0.2, 0) is 4.79 Å². The maximum absolute atomic E-state index is 11.2. The number of hydrogen-bond donors (Lipinski definition) is 1. The fraction of sp³-hybridized carbons (Fsp3) is 0.857. The summed E-state index contributed by atoms with van der Waals surface area (Å²) in [4.78, 5) is 12.9. The van der Waals surface area contributed by atoms with Crippen molar-refractivity contribution >= 4 is 5.91 Å². The van der Waals surface area contributed by atoms with Crippen molar-refractivity contribution in [3.05, 3.63) is 0 Å². The van der Waals surface area contributed by atoms with Crippen molar-refractivity contribution in [3.63, 3.8) is 0 Å². The molecule has 0 aromatic carbocycles. The van der Waals surface area contributed by atoms with Crippen LogP contribution in [0.2, 0.25) is 0 Å². The number of likely N-dealkylation sites (tertiary alicyclic amines) is 1. The lowest BCUT2D eigenvalue weighted by molar-refractivity contribution is -0.128. The lowest BCUT2D eigenvalue weighted by atomic mass is 10.2. The average molecular weight is 142 g/mol. The summed E-state index contributed by atoms with van der Waals surface area (Å²) < 4.78 is 0. The summed E-state index contributed by atoms with van der Waals surface area (Å²) in [5.74, 6) is 0.238. The van der Waals surface area contributed by atoms with Crippen molar-refractivity contribution in [2.24, 2.45) is 0 Å². The third-order valence-electron chi connectivity index (χ3n) is 1.88. The van der Waals surface area contributed by atoms with E-state index in [1.807, 2.05) is 14.0 Å². The minimum Gasteiger partial charge on any atom is -0.344 e. The molecule has 3 heteroatoms. The van der Waals surface area contributed by atoms with Gasteiger partial charge in [-0.05, 0) is 13.0 Å². The molecule has 1 saturated heterocycles. The minimum absolute atomic E-state index is 0.0926. The SMILES string of the molecule is CCNC1CCN(C)C1=O. The molecule has 0 radical (unpaired) electrons. The van der Waals surface area contributed by atoms with Gasteiger partial charge in [0.25, 0.3) is 0 Å². The van der Waals surface area contributed by atoms with E-state index in [9.17, 15) is 4.79 Å². The zero-order chi connectivity index (χ0) is 7.56. The van der Waals surface area contributed by atoms with Crippen LogP contribution in [-0.4, -0.2) is 37.0 Å². The lowest BCUT2D eigenvalue weighted by Gasteiger charge is -2.09. The van der Waals surface area contributed by atoms with Crippen LogP contribution in [0.5, 0.6) is 0 Å². The minimum atomic E-state index is 0.0926. The van der Waals surface area contributed by atoms with Crippen LogP contribution in [0.15, 0.2) is 0 Å². The van der Waals surface area contributed by atoms with Crippen LogP contribution in [0.4, 0.5) is 0 Å². The first kappa shape index (κ1) is 7.54. The Morgan fingerprint density at radius 3 is 2.90 bits per heavy atom. The third kappa shape index (κ3) is 1.29. The number of rotatable bonds is 2. The van der Waals surface area contributed by atoms with Gasteiger partial charge in [-0.3, -0.25) is 4.79 Å². The number of carbonyl (C=O) groups is 1. The number of hydrogen-bond acceptors (Lipinski definition) is 2. The van der Waals surface area contributed by atoms with Crippen molar-refractivity contribution in [3.8, 4) is 0 Å². The summed E-state index contributed by atoms with van der Waals surface area (Å²) in [6, 6.07) is 0.0926. The molecule has 3 nitrogen and oxygen atoms in total. The standard InChI is InChI=1S/C7H14N2O/c1-3-8-6-4-5-9(2)7(6)10/h6,8H,3-5H2,1-2H3. The maximum atomic E-state index is 11.2. The number of likely N-dealkylation sites (N-methyl/N-ethyl adjacent to an activating group) is 2. The highest BCUT2D eigenvalue weighted by atomic mass is 16.2. The van der Waals surface area contributed by atoms with Crippen LogP contribution in [0.3, 0.4) is 0 Å². The highest BCUT2D eigenvalue weighted by Crippen LogP contribution is 2.07. The van der Waals surface area contributed by atoms with E-state index in [2.05, 4.69) is 5.32 Å². The predicted octanol–water partition coefficient (Wildman–Crippen LogP) is -0.173. The summed E-state index contributed by atoms with van der Waals surface area (Å²) in [5.41, 5.74) is 0. The molecule has 0 spiro atoms. The van der Waals surface area contributed by atoms with Crippen LogP contribution < -0.4 is 5.32 Å². The Morgan fingerprint density at radius 1 is 1.80 bits per heavy atom. The smallest absolute Gasteiger partial charge is 0.239 e. The lowest BCUT2D eigenvalue weighted by Crippen LogP contribution is -2.36. The van der Waals surface area contributed by atoms with Crippen molar-refractivity contribution in [2.45, 2.75) is 19.4 Å². The molecular weight excluding hydrogens is 128 g/mol. The van der Waals surface area contributed by atoms with Gasteiger partial charge in [0.15, 0.2) is 0 Å². The molecule has 1 N–H and O–H groups in total. The van der Waals surface area contributed by atoms with Gasteiger partial charge in [-0.1, -0.05) is 6.92 Å². The van der Waals surface area contributed by atoms with Crippen molar-refractivity contribution in [2.75, 3.05) is 20.1 Å². The fourth-order valence-electron chi connectivity index (χ4n) is 1.26. The quantitative estimate of drug-likeness (QED) is 0.580. The highest BCUT2D eigenvalue weighted by Gasteiger charge is 2.27. The second kappa shape index (κ2) is 3.01. The predicted molar refractivity (Wildman–Crippen MR) is 39.7 cm³/mol. The molecule has 0 bridgehead atoms. The summed E-state index contributed by atoms with van der Waals surface area (Å²) >= 11 is 0. The fourth-order valence-corrected chi connectivity index (χ4v) is 1.26. The molecule has 10 heavy (non-hydrogen) atoms. The Balaban J connectivity index is 2.41. The summed E-state index contributed by atoms with van der Waals surface area (Å²) in [7, 11) is 1.85. The first-order valence-corrected chi connectivity index (χ1v) is 3.74. The maximum Gasteiger partial charge on any atom is 0.239 e. The Hall–Kier alpha value is -0.570. The van der Waals surface area contributed by atoms with E-state index >= 15 is 0 Å². The molecule has 1 heterocycles. The van der Waals surface area contributed by atoms with Gasteiger partial charge < -0.3 is 10.2 Å². The molecule has 0 saturated carbocycles. The zero-order valence-corrected chi connectivity index (χ0v) is 6.55. The van der Waals surface area contributed by atoms with Crippen LogP contribution in [0, 0.1) is 0 Å². The number of amides is 1. The Morgan fingerprint density at radius 2 is 2.50 bits per heavy atom. The Kier molecular flexibility index (Phi) is 2.27. The molecular formula is C7H14N2O. The van der Waals surface area contributed by atoms with E-state index in [-0.39, 0.29) is 11.9 Å². The molecule has 1 rings (SSSR count). The average Bonchev–Trinajstić information content (AvgIpc) is 2.20. The van der Waals surface area contributed by atoms with Gasteiger partial charge in [-0.15, -0.1) is 0 Å². The molecule has 0 aromatic rings. The largest absolute Gasteiger partial charge is 0.344 e. The van der Waals surface area contributed by atoms with Gasteiger partial charge in [-0.25, -0.2) is 0 Å². The van der Waals surface area contributed by atoms with Crippen molar-refractivity contribution in [1.82, 2.24) is 10.2 Å². The molecule has 1 amide bonds. The molecule has 1 fully saturated rings. The van der Waals surface area contributed by atoms with Crippen LogP contribution in [0.1, 0.15) is 13.3 Å². The summed E-state index contributed by atoms with van der Waals surface area (Å²) in [6.07, 6.45) is 0.961. The van der Waals surface area contributed by atoms with Gasteiger partial charge in [0.2, 0.25) is 5.91 Å². The van der Waals surface area contributed by atoms with Crippen molar-refractivity contribution in [1.29, 1.82) is 0 Å². The molecule has 1 aliphatic heterocycles. The van der Waals surface area contributed by atoms with Gasteiger partial charge >= 0.3 is 0 Å².